The van der Waals surface area contributed by atoms with E-state index >= 15 is 0 Å². The number of carbonyl (C=O) groups excluding carboxylic acids is 5. The van der Waals surface area contributed by atoms with Gasteiger partial charge in [-0.05, 0) is 252 Å². The molecule has 134 heavy (non-hydrogen) atoms. The minimum Gasteiger partial charge on any atom is -0.478 e. The fraction of sp³-hybridized carbons (Fsp3) is 0.341. The number of Topliss-reactive ketones (excluding diaryl/α,β-unsaturated/α-hetero) is 2. The van der Waals surface area contributed by atoms with Gasteiger partial charge in [0.15, 0.2) is 0 Å². The summed E-state index contributed by atoms with van der Waals surface area (Å²) in [6.07, 6.45) is 14.6. The minimum atomic E-state index is -1.67. The second kappa shape index (κ2) is 60.6. The molecule has 0 aliphatic carbocycles. The molecule has 7 aromatic heterocycles. The average Bonchev–Trinajstić information content (AvgIpc) is 1.56. The van der Waals surface area contributed by atoms with Gasteiger partial charge in [-0.25, -0.2) is 65.1 Å². The molecule has 43 heteroatoms. The van der Waals surface area contributed by atoms with Crippen LogP contribution < -0.4 is 40.2 Å². The molecule has 0 spiro atoms. The molecule has 0 unspecified atom stereocenters. The Balaban J connectivity index is 0.00000155. The molecule has 0 atom stereocenters. The van der Waals surface area contributed by atoms with Crippen molar-refractivity contribution >= 4 is 194 Å². The van der Waals surface area contributed by atoms with Gasteiger partial charge < -0.3 is 59.0 Å². The average molecular weight is 2210 g/mol. The number of anilines is 6. The minimum absolute atomic E-state index is 0. The molecule has 2 aliphatic heterocycles. The van der Waals surface area contributed by atoms with E-state index in [9.17, 15) is 64.3 Å². The van der Waals surface area contributed by atoms with Crippen molar-refractivity contribution in [3.05, 3.63) is 256 Å². The van der Waals surface area contributed by atoms with Gasteiger partial charge in [-0.3, -0.25) is 33.9 Å². The molecule has 3 N–H and O–H groups in total. The zero-order chi connectivity index (χ0) is 99.2. The monoisotopic (exact) mass is 2200 g/mol. The maximum atomic E-state index is 14.2. The van der Waals surface area contributed by atoms with Gasteiger partial charge in [-0.2, -0.15) is 4.39 Å². The molecule has 12 rings (SSSR count). The third-order valence-corrected chi connectivity index (χ3v) is 19.7. The van der Waals surface area contributed by atoms with Gasteiger partial charge in [0.1, 0.15) is 80.9 Å². The van der Waals surface area contributed by atoms with Crippen molar-refractivity contribution < 1.29 is 92.8 Å². The highest BCUT2D eigenvalue weighted by Gasteiger charge is 2.52. The number of halogens is 14. The highest BCUT2D eigenvalue weighted by atomic mass is 79.9. The number of nitrogens with one attached hydrogen (secondary N) is 1. The molecule has 0 bridgehead atoms. The number of aromatic nitrogens is 7. The number of aryl methyl sites for hydroxylation is 1. The van der Waals surface area contributed by atoms with Crippen molar-refractivity contribution in [2.45, 2.75) is 114 Å². The third-order valence-electron chi connectivity index (χ3n) is 17.8. The first-order chi connectivity index (χ1) is 61.2. The van der Waals surface area contributed by atoms with Crippen LogP contribution >= 0.6 is 96.7 Å². The van der Waals surface area contributed by atoms with Gasteiger partial charge in [-0.15, -0.1) is 0 Å². The van der Waals surface area contributed by atoms with Crippen LogP contribution in [0.25, 0.3) is 11.1 Å². The van der Waals surface area contributed by atoms with Crippen LogP contribution in [0.4, 0.5) is 65.4 Å². The standard InChI is InChI=1S/C23H22F2N4O2.C15H14BrF2N3O.C14H20BNO3.C8H8BrClN2O.C8H9BrN2O2.C8H8F2.C6H3BrFNO2.C4H8O.C2H7N.3CH4.Cl2OS/c1-14(30)9-18-10-15(7-8-26-18)16-11-19(22(27-13-16)28(2)3)23(31)29(4)21-6-5-17(24)12-20(21)25;1-20(2)14-11(6-9(16)8-19-14)15(22)21(3)13-5-4-10(17)7-12(13)18;1-10(17)8-12-9-11(6-7-16-12)15-18-13(2,3)14(4,5)19-15;1-12(2)8-6(7(10)13)3-5(9)4-11-8;1-11(2)7-6(8(12)13)3-5(9)4-10-7;1-2-6-3-4-7(9)5-8(6)10;7-3-1-4(6(10)11)5(8)9-2-3;1-2-4-5-3-1;1-3-2;;;;1-4(2)3/h5-8,10-13H,9H2,1-4H3;4-8H,1-3H3;6-7,9H,8H2,1-5H3;3-4H,1-2H3;3-4H,1-2H3,(H,12,13);3-5H,2H2,1H3;1-2H,(H,10,11);1-4H2;3H,1-2H3;3*1H4;. The normalized spacial score (nSPS) is 11.8. The lowest BCUT2D eigenvalue weighted by atomic mass is 9.79. The van der Waals surface area contributed by atoms with E-state index in [1.807, 2.05) is 60.8 Å². The summed E-state index contributed by atoms with van der Waals surface area (Å²) in [4.78, 5) is 118. The lowest BCUT2D eigenvalue weighted by Crippen LogP contribution is -2.41. The summed E-state index contributed by atoms with van der Waals surface area (Å²) >= 11 is 18.0. The molecule has 2 fully saturated rings. The van der Waals surface area contributed by atoms with Gasteiger partial charge in [0.05, 0.1) is 39.3 Å². The molecule has 27 nitrogen and oxygen atoms in total. The SMILES string of the molecule is C.C.C.C1CCOC1.CC(=O)Cc1cc(-c2cnc(N(C)C)c(C(=O)N(C)c3ccc(F)cc3F)c2)ccn1.CC(=O)Cc1cc(B2OC(C)(C)C(C)(C)O2)ccn1.CCc1ccc(F)cc1F.CN(C)c1ncc(Br)cc1C(=O)Cl.CN(C)c1ncc(Br)cc1C(=O)N(C)c1ccc(F)cc1F.CN(C)c1ncc(Br)cc1C(=O)O.CNC.O=C(O)c1cc(Br)cnc1F.O=S(Cl)Cl. The van der Waals surface area contributed by atoms with Crippen molar-refractivity contribution in [2.75, 3.05) is 127 Å². The van der Waals surface area contributed by atoms with Gasteiger partial charge in [0.2, 0.25) is 15.2 Å². The first-order valence-corrected chi connectivity index (χ1v) is 45.3. The summed E-state index contributed by atoms with van der Waals surface area (Å²) < 4.78 is 120. The van der Waals surface area contributed by atoms with Gasteiger partial charge >= 0.3 is 19.1 Å². The Labute approximate surface area is 828 Å². The molecule has 0 radical (unpaired) electrons. The summed E-state index contributed by atoms with van der Waals surface area (Å²) in [5, 5.41) is 19.5. The number of hydrogen-bond acceptors (Lipinski definition) is 23. The van der Waals surface area contributed by atoms with Crippen molar-refractivity contribution in [1.29, 1.82) is 0 Å². The molecule has 730 valence electrons. The highest BCUT2D eigenvalue weighted by Crippen LogP contribution is 2.37. The molecule has 2 saturated heterocycles. The number of rotatable bonds is 18. The Hall–Kier alpha value is -9.85. The van der Waals surface area contributed by atoms with Gasteiger partial charge in [0.25, 0.3) is 17.1 Å². The van der Waals surface area contributed by atoms with Crippen molar-refractivity contribution in [1.82, 2.24) is 40.2 Å². The second-order valence-electron chi connectivity index (χ2n) is 29.6. The van der Waals surface area contributed by atoms with Crippen molar-refractivity contribution in [3.8, 4) is 11.1 Å². The summed E-state index contributed by atoms with van der Waals surface area (Å²) in [6, 6.07) is 24.6. The second-order valence-corrected chi connectivity index (χ2v) is 36.1. The van der Waals surface area contributed by atoms with Gasteiger partial charge in [0, 0.05) is 214 Å². The van der Waals surface area contributed by atoms with Crippen LogP contribution in [0.1, 0.15) is 152 Å². The van der Waals surface area contributed by atoms with Crippen LogP contribution in [-0.4, -0.2) is 206 Å². The molecule has 2 amide bonds. The van der Waals surface area contributed by atoms with E-state index in [0.717, 1.165) is 80.6 Å². The number of benzene rings is 3. The maximum absolute atomic E-state index is 14.2. The first-order valence-electron chi connectivity index (χ1n) is 38.9. The fourth-order valence-electron chi connectivity index (χ4n) is 10.9. The van der Waals surface area contributed by atoms with E-state index in [4.69, 9.17) is 40.1 Å². The number of carboxylic acid groups (broad SMARTS) is 2. The van der Waals surface area contributed by atoms with Crippen LogP contribution in [0, 0.1) is 40.9 Å². The van der Waals surface area contributed by atoms with E-state index in [1.165, 1.54) is 70.4 Å². The lowest BCUT2D eigenvalue weighted by molar-refractivity contribution is -0.117. The Kier molecular flexibility index (Phi) is 56.1. The molecule has 2 aliphatic rings. The molecule has 3 aromatic carbocycles. The predicted octanol–water partition coefficient (Wildman–Crippen LogP) is 20.6. The molecule has 9 heterocycles. The number of nitrogens with zero attached hydrogens (tertiary/aromatic N) is 13. The first kappa shape index (κ1) is 124. The number of amides is 2. The smallest absolute Gasteiger partial charge is 0.478 e. The molecule has 10 aromatic rings. The summed E-state index contributed by atoms with van der Waals surface area (Å²) in [6.45, 7) is 15.0. The number of ether oxygens (including phenoxy) is 1. The zero-order valence-electron chi connectivity index (χ0n) is 74.9. The topological polar surface area (TPSA) is 326 Å². The van der Waals surface area contributed by atoms with Crippen LogP contribution in [0.15, 0.2) is 170 Å². The van der Waals surface area contributed by atoms with Crippen LogP contribution in [-0.2, 0) is 52.1 Å². The van der Waals surface area contributed by atoms with Crippen LogP contribution in [0.2, 0.25) is 0 Å². The quantitative estimate of drug-likeness (QED) is 0.0311. The summed E-state index contributed by atoms with van der Waals surface area (Å²) in [5.41, 5.74) is 4.17. The predicted molar refractivity (Wildman–Crippen MR) is 534 cm³/mol. The van der Waals surface area contributed by atoms with E-state index < -0.39 is 91.8 Å². The van der Waals surface area contributed by atoms with Gasteiger partial charge in [-0.1, -0.05) is 35.3 Å². The largest absolute Gasteiger partial charge is 0.494 e. The van der Waals surface area contributed by atoms with E-state index in [2.05, 4.69) is 125 Å². The number of carboxylic acids is 2. The number of hydrogen-bond donors (Lipinski definition) is 3. The molecule has 0 saturated carbocycles. The molecular formula is C91H111BBr4Cl3F7N14O13S. The summed E-state index contributed by atoms with van der Waals surface area (Å²) in [7, 11) is 27.7. The maximum Gasteiger partial charge on any atom is 0.494 e. The van der Waals surface area contributed by atoms with Crippen LogP contribution in [0.5, 0.6) is 0 Å². The number of pyridine rings is 7. The Morgan fingerprint density at radius 3 is 1.17 bits per heavy atom. The van der Waals surface area contributed by atoms with E-state index in [1.54, 1.807) is 150 Å². The van der Waals surface area contributed by atoms with Crippen molar-refractivity contribution in [3.63, 3.8) is 0 Å². The number of carbonyl (C=O) groups is 7. The van der Waals surface area contributed by atoms with E-state index in [-0.39, 0.29) is 74.0 Å². The highest BCUT2D eigenvalue weighted by molar-refractivity contribution is 9.11. The Morgan fingerprint density at radius 1 is 0.470 bits per heavy atom. The molecular weight excluding hydrogens is 2100 g/mol. The summed E-state index contributed by atoms with van der Waals surface area (Å²) in [5.74, 6) is -6.26. The Morgan fingerprint density at radius 2 is 0.813 bits per heavy atom. The van der Waals surface area contributed by atoms with Crippen molar-refractivity contribution in [2.24, 2.45) is 0 Å². The Bertz CT molecular complexity index is 5490. The third kappa shape index (κ3) is 41.4. The van der Waals surface area contributed by atoms with Crippen LogP contribution in [0.3, 0.4) is 0 Å². The van der Waals surface area contributed by atoms with E-state index in [0.29, 0.717) is 77.5 Å². The fourth-order valence-corrected chi connectivity index (χ4v) is 12.4. The lowest BCUT2D eigenvalue weighted by Gasteiger charge is -2.32. The number of ketones is 2. The zero-order valence-corrected chi connectivity index (χ0v) is 84.3. The number of aromatic carboxylic acids is 2.